The Kier molecular flexibility index (Phi) is 7.98. The lowest BCUT2D eigenvalue weighted by atomic mass is 9.82. The van der Waals surface area contributed by atoms with Crippen molar-refractivity contribution in [1.82, 2.24) is 4.90 Å². The van der Waals surface area contributed by atoms with Gasteiger partial charge in [-0.15, -0.1) is 0 Å². The molecule has 0 radical (unpaired) electrons. The summed E-state index contributed by atoms with van der Waals surface area (Å²) in [6.45, 7) is 10.6. The maximum atomic E-state index is 12.3. The van der Waals surface area contributed by atoms with Crippen LogP contribution in [-0.4, -0.2) is 29.9 Å². The lowest BCUT2D eigenvalue weighted by Crippen LogP contribution is -2.33. The topological polar surface area (TPSA) is 46.6 Å². The van der Waals surface area contributed by atoms with Gasteiger partial charge in [0.15, 0.2) is 0 Å². The third-order valence-electron chi connectivity index (χ3n) is 4.82. The molecule has 0 aromatic heterocycles. The van der Waals surface area contributed by atoms with E-state index in [9.17, 15) is 9.59 Å². The van der Waals surface area contributed by atoms with Crippen molar-refractivity contribution in [3.8, 4) is 0 Å². The third kappa shape index (κ3) is 7.06. The van der Waals surface area contributed by atoms with Crippen molar-refractivity contribution in [3.63, 3.8) is 0 Å². The lowest BCUT2D eigenvalue weighted by molar-refractivity contribution is -0.155. The molecule has 1 aliphatic rings. The molecule has 4 heteroatoms. The number of amides is 1. The first-order valence-corrected chi connectivity index (χ1v) is 9.24. The van der Waals surface area contributed by atoms with Crippen LogP contribution in [0.5, 0.6) is 0 Å². The molecule has 1 aliphatic heterocycles. The van der Waals surface area contributed by atoms with Crippen molar-refractivity contribution in [2.75, 3.05) is 7.05 Å². The van der Waals surface area contributed by atoms with Gasteiger partial charge >= 0.3 is 5.97 Å². The molecule has 1 heterocycles. The van der Waals surface area contributed by atoms with Crippen LogP contribution in [0.15, 0.2) is 12.3 Å². The summed E-state index contributed by atoms with van der Waals surface area (Å²) in [5.74, 6) is 0.419. The molecular formula is C20H35NO3. The zero-order valence-electron chi connectivity index (χ0n) is 16.3. The molecule has 1 amide bonds. The first kappa shape index (κ1) is 20.7. The van der Waals surface area contributed by atoms with Gasteiger partial charge in [-0.3, -0.25) is 9.59 Å². The molecule has 0 aromatic carbocycles. The molecule has 24 heavy (non-hydrogen) atoms. The van der Waals surface area contributed by atoms with Gasteiger partial charge in [0.05, 0.1) is 6.42 Å². The highest BCUT2D eigenvalue weighted by Gasteiger charge is 2.29. The Morgan fingerprint density at radius 1 is 1.12 bits per heavy atom. The minimum atomic E-state index is -0.220. The number of esters is 1. The zero-order valence-corrected chi connectivity index (χ0v) is 16.3. The highest BCUT2D eigenvalue weighted by atomic mass is 16.5. The highest BCUT2D eigenvalue weighted by molar-refractivity contribution is 5.79. The van der Waals surface area contributed by atoms with Gasteiger partial charge in [-0.25, -0.2) is 0 Å². The van der Waals surface area contributed by atoms with E-state index >= 15 is 0 Å². The molecule has 0 aliphatic carbocycles. The average molecular weight is 338 g/mol. The number of carbonyl (C=O) groups excluding carboxylic acids is 2. The summed E-state index contributed by atoms with van der Waals surface area (Å²) in [4.78, 5) is 26.0. The Morgan fingerprint density at radius 3 is 2.38 bits per heavy atom. The van der Waals surface area contributed by atoms with Crippen molar-refractivity contribution in [2.45, 2.75) is 79.2 Å². The van der Waals surface area contributed by atoms with Crippen molar-refractivity contribution in [3.05, 3.63) is 12.3 Å². The van der Waals surface area contributed by atoms with Crippen LogP contribution < -0.4 is 0 Å². The van der Waals surface area contributed by atoms with E-state index in [-0.39, 0.29) is 35.7 Å². The highest BCUT2D eigenvalue weighted by Crippen LogP contribution is 2.30. The van der Waals surface area contributed by atoms with Gasteiger partial charge in [-0.2, -0.15) is 0 Å². The SMILES string of the molecule is C[C@@H]1CCCC[C@@H](C)C(=O)N(C)/C=C/CC(=O)O[C@@H](C(C)(C)C)C1. The van der Waals surface area contributed by atoms with Gasteiger partial charge in [-0.1, -0.05) is 60.0 Å². The minimum absolute atomic E-state index is 0.0226. The quantitative estimate of drug-likeness (QED) is 0.610. The second-order valence-corrected chi connectivity index (χ2v) is 8.41. The monoisotopic (exact) mass is 337 g/mol. The van der Waals surface area contributed by atoms with Crippen LogP contribution in [0.3, 0.4) is 0 Å². The molecule has 0 spiro atoms. The van der Waals surface area contributed by atoms with E-state index < -0.39 is 0 Å². The van der Waals surface area contributed by atoms with Crippen molar-refractivity contribution in [1.29, 1.82) is 0 Å². The molecule has 0 saturated carbocycles. The number of hydrogen-bond donors (Lipinski definition) is 0. The van der Waals surface area contributed by atoms with Crippen molar-refractivity contribution < 1.29 is 14.3 Å². The predicted molar refractivity (Wildman–Crippen MR) is 97.3 cm³/mol. The van der Waals surface area contributed by atoms with Crippen LogP contribution in [0, 0.1) is 17.3 Å². The number of hydrogen-bond acceptors (Lipinski definition) is 3. The standard InChI is InChI=1S/C20H35NO3/c1-15-10-7-8-11-16(2)19(23)21(6)13-9-12-18(22)24-17(14-15)20(3,4)5/h9,13,15-17H,7-8,10-12,14H2,1-6H3/b13-9+/t15-,16-,17-/m1/s1. The maximum Gasteiger partial charge on any atom is 0.309 e. The fourth-order valence-electron chi connectivity index (χ4n) is 3.06. The van der Waals surface area contributed by atoms with Gasteiger partial charge in [0.2, 0.25) is 5.91 Å². The third-order valence-corrected chi connectivity index (χ3v) is 4.82. The normalized spacial score (nSPS) is 30.2. The van der Waals surface area contributed by atoms with E-state index in [1.165, 1.54) is 0 Å². The largest absolute Gasteiger partial charge is 0.462 e. The van der Waals surface area contributed by atoms with E-state index in [0.717, 1.165) is 32.1 Å². The number of rotatable bonds is 0. The number of ether oxygens (including phenoxy) is 1. The molecule has 3 atom stereocenters. The Hall–Kier alpha value is -1.32. The van der Waals surface area contributed by atoms with Crippen LogP contribution >= 0.6 is 0 Å². The van der Waals surface area contributed by atoms with Crippen LogP contribution in [0.25, 0.3) is 0 Å². The Bertz CT molecular complexity index is 450. The molecular weight excluding hydrogens is 302 g/mol. The summed E-state index contributed by atoms with van der Waals surface area (Å²) in [6.07, 6.45) is 8.64. The van der Waals surface area contributed by atoms with E-state index in [0.29, 0.717) is 5.92 Å². The fraction of sp³-hybridized carbons (Fsp3) is 0.800. The predicted octanol–water partition coefficient (Wildman–Crippen LogP) is 4.54. The summed E-state index contributed by atoms with van der Waals surface area (Å²) in [5.41, 5.74) is -0.0666. The molecule has 0 aromatic rings. The summed E-state index contributed by atoms with van der Waals surface area (Å²) in [7, 11) is 1.75. The van der Waals surface area contributed by atoms with Gasteiger partial charge < -0.3 is 9.64 Å². The van der Waals surface area contributed by atoms with Crippen LogP contribution in [-0.2, 0) is 14.3 Å². The molecule has 0 bridgehead atoms. The van der Waals surface area contributed by atoms with E-state index in [2.05, 4.69) is 27.7 Å². The van der Waals surface area contributed by atoms with Gasteiger partial charge in [0.1, 0.15) is 6.10 Å². The Morgan fingerprint density at radius 2 is 1.75 bits per heavy atom. The van der Waals surface area contributed by atoms with Gasteiger partial charge in [0.25, 0.3) is 0 Å². The van der Waals surface area contributed by atoms with Crippen LogP contribution in [0.2, 0.25) is 0 Å². The molecule has 0 N–H and O–H groups in total. The maximum absolute atomic E-state index is 12.3. The number of carbonyl (C=O) groups is 2. The Labute approximate surface area is 147 Å². The summed E-state index contributed by atoms with van der Waals surface area (Å²) < 4.78 is 5.75. The van der Waals surface area contributed by atoms with Gasteiger partial charge in [-0.05, 0) is 24.2 Å². The second kappa shape index (κ2) is 9.24. The van der Waals surface area contributed by atoms with Gasteiger partial charge in [0, 0.05) is 19.2 Å². The molecule has 138 valence electrons. The lowest BCUT2D eigenvalue weighted by Gasteiger charge is -2.32. The molecule has 0 saturated heterocycles. The van der Waals surface area contributed by atoms with E-state index in [1.54, 1.807) is 24.2 Å². The summed E-state index contributed by atoms with van der Waals surface area (Å²) in [6, 6.07) is 0. The molecule has 0 unspecified atom stereocenters. The van der Waals surface area contributed by atoms with E-state index in [1.807, 2.05) is 6.92 Å². The van der Waals surface area contributed by atoms with E-state index in [4.69, 9.17) is 4.74 Å². The van der Waals surface area contributed by atoms with Crippen molar-refractivity contribution in [2.24, 2.45) is 17.3 Å². The van der Waals surface area contributed by atoms with Crippen molar-refractivity contribution >= 4 is 11.9 Å². The first-order chi connectivity index (χ1) is 11.1. The Balaban J connectivity index is 2.85. The minimum Gasteiger partial charge on any atom is -0.462 e. The number of nitrogens with zero attached hydrogens (tertiary/aromatic N) is 1. The van der Waals surface area contributed by atoms with Crippen LogP contribution in [0.4, 0.5) is 0 Å². The molecule has 0 fully saturated rings. The zero-order chi connectivity index (χ0) is 18.3. The molecule has 1 rings (SSSR count). The average Bonchev–Trinajstić information content (AvgIpc) is 2.48. The first-order valence-electron chi connectivity index (χ1n) is 9.24. The smallest absolute Gasteiger partial charge is 0.309 e. The fourth-order valence-corrected chi connectivity index (χ4v) is 3.06. The summed E-state index contributed by atoms with van der Waals surface area (Å²) >= 11 is 0. The van der Waals surface area contributed by atoms with Crippen LogP contribution in [0.1, 0.15) is 73.1 Å². The number of cyclic esters (lactones) is 1. The molecule has 4 nitrogen and oxygen atoms in total. The second-order valence-electron chi connectivity index (χ2n) is 8.41. The summed E-state index contributed by atoms with van der Waals surface area (Å²) in [5, 5.41) is 0.